The molecule has 0 fully saturated rings. The summed E-state index contributed by atoms with van der Waals surface area (Å²) in [5.74, 6) is -0.212. The van der Waals surface area contributed by atoms with Gasteiger partial charge in [-0.25, -0.2) is 0 Å². The number of hydrogen-bond acceptors (Lipinski definition) is 6. The minimum Gasteiger partial charge on any atom is -0.756 e. The highest BCUT2D eigenvalue weighted by molar-refractivity contribution is 7.45. The maximum atomic E-state index is 12.9. The highest BCUT2D eigenvalue weighted by Gasteiger charge is 2.23. The third-order valence-electron chi connectivity index (χ3n) is 11.5. The summed E-state index contributed by atoms with van der Waals surface area (Å²) in [6.45, 7) is 4.50. The number of carbonyl (C=O) groups is 1. The lowest BCUT2D eigenvalue weighted by molar-refractivity contribution is -0.870. The fourth-order valence-electron chi connectivity index (χ4n) is 7.23. The van der Waals surface area contributed by atoms with E-state index in [0.717, 1.165) is 103 Å². The van der Waals surface area contributed by atoms with Gasteiger partial charge in [-0.1, -0.05) is 226 Å². The zero-order valence-electron chi connectivity index (χ0n) is 44.3. The molecule has 390 valence electrons. The monoisotopic (exact) mass is 967 g/mol. The molecule has 0 aromatic rings. The van der Waals surface area contributed by atoms with E-state index >= 15 is 0 Å². The molecule has 0 aromatic carbocycles. The molecule has 68 heavy (non-hydrogen) atoms. The van der Waals surface area contributed by atoms with Gasteiger partial charge in [0.1, 0.15) is 13.2 Å². The number of carbonyl (C=O) groups excluding carboxylic acids is 1. The van der Waals surface area contributed by atoms with Crippen LogP contribution < -0.4 is 10.2 Å². The highest BCUT2D eigenvalue weighted by atomic mass is 31.2. The van der Waals surface area contributed by atoms with Crippen molar-refractivity contribution in [3.8, 4) is 0 Å². The average molecular weight is 967 g/mol. The fourth-order valence-corrected chi connectivity index (χ4v) is 7.95. The summed E-state index contributed by atoms with van der Waals surface area (Å²) in [6.07, 6.45) is 71.5. The summed E-state index contributed by atoms with van der Waals surface area (Å²) < 4.78 is 23.3. The first-order chi connectivity index (χ1) is 33.0. The molecule has 9 heteroatoms. The summed E-state index contributed by atoms with van der Waals surface area (Å²) in [5.41, 5.74) is 0. The van der Waals surface area contributed by atoms with E-state index in [9.17, 15) is 19.4 Å². The standard InChI is InChI=1S/C59H103N2O6P/c1-6-8-10-12-14-16-18-20-21-22-23-24-25-26-27-28-29-30-31-32-33-34-35-36-37-38-39-41-43-45-47-49-51-53-59(63)60-57(56-67-68(64,65)66-55-54-61(3,4)5)58(62)52-50-48-46-44-42-40-19-17-15-13-11-9-7-2/h8,10,14,16,20-21,23-24,26-27,29-30,32-33,35-36,50,52,57-58,62H,6-7,9,11-13,15,17-19,22,25,28,31,34,37-49,51,53-56H2,1-5H3,(H-,60,63,64,65)/b10-8-,16-14-,21-20-,24-23-,27-26-,30-29-,33-32-,36-35-,52-50+. The molecule has 2 N–H and O–H groups in total. The molecular formula is C59H103N2O6P. The third kappa shape index (κ3) is 51.0. The zero-order chi connectivity index (χ0) is 49.9. The lowest BCUT2D eigenvalue weighted by Gasteiger charge is -2.29. The van der Waals surface area contributed by atoms with E-state index in [1.807, 2.05) is 27.2 Å². The van der Waals surface area contributed by atoms with E-state index in [0.29, 0.717) is 17.4 Å². The van der Waals surface area contributed by atoms with Gasteiger partial charge in [-0.15, -0.1) is 0 Å². The second-order valence-electron chi connectivity index (χ2n) is 19.2. The SMILES string of the molecule is CC/C=C\C/C=C\C/C=C\C/C=C\C/C=C\C/C=C\C/C=C\C/C=C\CCCCCCCCCCC(=O)NC(COP(=O)([O-])OCC[N+](C)(C)C)C(O)/C=C/CCCCCCCCCCCCC. The Hall–Kier alpha value is -2.84. The molecule has 1 amide bonds. The summed E-state index contributed by atoms with van der Waals surface area (Å²) in [5, 5.41) is 13.8. The molecule has 3 unspecified atom stereocenters. The number of unbranched alkanes of at least 4 members (excludes halogenated alkanes) is 19. The molecular weight excluding hydrogens is 864 g/mol. The fraction of sp³-hybridized carbons (Fsp3) is 0.678. The Morgan fingerprint density at radius 1 is 0.529 bits per heavy atom. The van der Waals surface area contributed by atoms with Crippen molar-refractivity contribution >= 4 is 13.7 Å². The molecule has 3 atom stereocenters. The Morgan fingerprint density at radius 2 is 0.897 bits per heavy atom. The Morgan fingerprint density at radius 3 is 1.31 bits per heavy atom. The molecule has 0 aromatic heterocycles. The Kier molecular flexibility index (Phi) is 47.1. The number of allylic oxidation sites excluding steroid dienone is 17. The molecule has 0 saturated carbocycles. The number of hydrogen-bond donors (Lipinski definition) is 2. The highest BCUT2D eigenvalue weighted by Crippen LogP contribution is 2.38. The van der Waals surface area contributed by atoms with Crippen molar-refractivity contribution in [3.05, 3.63) is 109 Å². The molecule has 0 aliphatic rings. The van der Waals surface area contributed by atoms with Crippen LogP contribution in [-0.2, 0) is 18.4 Å². The number of phosphoric acid groups is 1. The Bertz CT molecular complexity index is 1470. The van der Waals surface area contributed by atoms with E-state index < -0.39 is 20.0 Å². The number of nitrogens with one attached hydrogen (secondary N) is 1. The zero-order valence-corrected chi connectivity index (χ0v) is 45.2. The predicted octanol–water partition coefficient (Wildman–Crippen LogP) is 15.8. The van der Waals surface area contributed by atoms with Crippen molar-refractivity contribution < 1.29 is 32.9 Å². The third-order valence-corrected chi connectivity index (χ3v) is 12.5. The first-order valence-corrected chi connectivity index (χ1v) is 28.7. The van der Waals surface area contributed by atoms with Gasteiger partial charge in [0, 0.05) is 6.42 Å². The van der Waals surface area contributed by atoms with Crippen LogP contribution in [0.1, 0.15) is 206 Å². The second kappa shape index (κ2) is 49.2. The second-order valence-corrected chi connectivity index (χ2v) is 20.6. The molecule has 0 aliphatic carbocycles. The van der Waals surface area contributed by atoms with Gasteiger partial charge in [0.05, 0.1) is 39.9 Å². The van der Waals surface area contributed by atoms with E-state index in [2.05, 4.69) is 116 Å². The Balaban J connectivity index is 4.20. The minimum atomic E-state index is -4.60. The van der Waals surface area contributed by atoms with Crippen LogP contribution in [0.25, 0.3) is 0 Å². The number of likely N-dealkylation sites (N-methyl/N-ethyl adjacent to an activating group) is 1. The average Bonchev–Trinajstić information content (AvgIpc) is 3.30. The molecule has 0 saturated heterocycles. The van der Waals surface area contributed by atoms with Gasteiger partial charge in [-0.2, -0.15) is 0 Å². The maximum absolute atomic E-state index is 12.9. The van der Waals surface area contributed by atoms with E-state index in [-0.39, 0.29) is 19.1 Å². The van der Waals surface area contributed by atoms with Crippen LogP contribution in [-0.4, -0.2) is 68.5 Å². The van der Waals surface area contributed by atoms with E-state index in [4.69, 9.17) is 9.05 Å². The number of amides is 1. The number of quaternary nitrogens is 1. The lowest BCUT2D eigenvalue weighted by Crippen LogP contribution is -2.45. The molecule has 8 nitrogen and oxygen atoms in total. The molecule has 0 radical (unpaired) electrons. The predicted molar refractivity (Wildman–Crippen MR) is 292 cm³/mol. The first-order valence-electron chi connectivity index (χ1n) is 27.2. The van der Waals surface area contributed by atoms with Crippen LogP contribution in [0.2, 0.25) is 0 Å². The van der Waals surface area contributed by atoms with Gasteiger partial charge < -0.3 is 28.8 Å². The van der Waals surface area contributed by atoms with Crippen LogP contribution >= 0.6 is 7.82 Å². The molecule has 0 heterocycles. The van der Waals surface area contributed by atoms with Crippen LogP contribution in [0.15, 0.2) is 109 Å². The quantitative estimate of drug-likeness (QED) is 0.0272. The molecule has 0 bridgehead atoms. The van der Waals surface area contributed by atoms with Gasteiger partial charge >= 0.3 is 0 Å². The van der Waals surface area contributed by atoms with Crippen LogP contribution in [0.3, 0.4) is 0 Å². The van der Waals surface area contributed by atoms with Crippen LogP contribution in [0.5, 0.6) is 0 Å². The lowest BCUT2D eigenvalue weighted by atomic mass is 10.0. The summed E-state index contributed by atoms with van der Waals surface area (Å²) in [6, 6.07) is -0.898. The van der Waals surface area contributed by atoms with Crippen molar-refractivity contribution in [3.63, 3.8) is 0 Å². The minimum absolute atomic E-state index is 0.00813. The molecule has 0 rings (SSSR count). The number of nitrogens with zero attached hydrogens (tertiary/aromatic N) is 1. The number of aliphatic hydroxyl groups excluding tert-OH is 1. The van der Waals surface area contributed by atoms with Crippen molar-refractivity contribution in [1.29, 1.82) is 0 Å². The summed E-state index contributed by atoms with van der Waals surface area (Å²) >= 11 is 0. The smallest absolute Gasteiger partial charge is 0.268 e. The maximum Gasteiger partial charge on any atom is 0.268 e. The van der Waals surface area contributed by atoms with Gasteiger partial charge in [-0.3, -0.25) is 9.36 Å². The molecule has 0 spiro atoms. The van der Waals surface area contributed by atoms with Gasteiger partial charge in [0.15, 0.2) is 0 Å². The van der Waals surface area contributed by atoms with Gasteiger partial charge in [0.2, 0.25) is 5.91 Å². The normalized spacial score (nSPS) is 14.9. The van der Waals surface area contributed by atoms with Crippen molar-refractivity contribution in [2.75, 3.05) is 40.9 Å². The summed E-state index contributed by atoms with van der Waals surface area (Å²) in [7, 11) is 1.24. The number of rotatable bonds is 48. The largest absolute Gasteiger partial charge is 0.756 e. The Labute approximate surface area is 419 Å². The first kappa shape index (κ1) is 65.2. The van der Waals surface area contributed by atoms with Crippen molar-refractivity contribution in [2.24, 2.45) is 0 Å². The van der Waals surface area contributed by atoms with Crippen LogP contribution in [0.4, 0.5) is 0 Å². The van der Waals surface area contributed by atoms with E-state index in [1.54, 1.807) is 6.08 Å². The molecule has 0 aliphatic heterocycles. The van der Waals surface area contributed by atoms with Crippen molar-refractivity contribution in [2.45, 2.75) is 219 Å². The van der Waals surface area contributed by atoms with Gasteiger partial charge in [-0.05, 0) is 83.5 Å². The van der Waals surface area contributed by atoms with Crippen LogP contribution in [0, 0.1) is 0 Å². The topological polar surface area (TPSA) is 108 Å². The van der Waals surface area contributed by atoms with Crippen molar-refractivity contribution in [1.82, 2.24) is 5.32 Å². The van der Waals surface area contributed by atoms with Gasteiger partial charge in [0.25, 0.3) is 7.82 Å². The number of phosphoric ester groups is 1. The summed E-state index contributed by atoms with van der Waals surface area (Å²) in [4.78, 5) is 25.4. The van der Waals surface area contributed by atoms with E-state index in [1.165, 1.54) is 83.5 Å². The number of aliphatic hydroxyl groups is 1.